The minimum atomic E-state index is -0.591. The maximum absolute atomic E-state index is 9.02. The molecule has 0 unspecified atom stereocenters. The molecule has 3 heteroatoms. The van der Waals surface area contributed by atoms with Gasteiger partial charge in [-0.05, 0) is 25.3 Å². The van der Waals surface area contributed by atoms with Crippen molar-refractivity contribution in [3.63, 3.8) is 0 Å². The second kappa shape index (κ2) is 5.51. The van der Waals surface area contributed by atoms with Crippen molar-refractivity contribution in [3.8, 4) is 0 Å². The monoisotopic (exact) mass is 173 g/mol. The van der Waals surface area contributed by atoms with Crippen molar-refractivity contribution in [2.45, 2.75) is 31.8 Å². The zero-order valence-corrected chi connectivity index (χ0v) is 7.50. The molecule has 0 heterocycles. The van der Waals surface area contributed by atoms with E-state index in [2.05, 4.69) is 5.32 Å². The van der Waals surface area contributed by atoms with Crippen LogP contribution in [0, 0.1) is 5.92 Å². The highest BCUT2D eigenvalue weighted by Gasteiger charge is 2.14. The molecular formula is C9H19NO2. The van der Waals surface area contributed by atoms with Gasteiger partial charge in [0.1, 0.15) is 0 Å². The second-order valence-electron chi connectivity index (χ2n) is 3.65. The Hall–Kier alpha value is -0.120. The van der Waals surface area contributed by atoms with E-state index in [4.69, 9.17) is 10.2 Å². The van der Waals surface area contributed by atoms with Crippen molar-refractivity contribution >= 4 is 0 Å². The summed E-state index contributed by atoms with van der Waals surface area (Å²) in [5.41, 5.74) is 0. The highest BCUT2D eigenvalue weighted by molar-refractivity contribution is 4.70. The molecule has 3 N–H and O–H groups in total. The van der Waals surface area contributed by atoms with Crippen LogP contribution in [0.5, 0.6) is 0 Å². The molecule has 1 fully saturated rings. The third kappa shape index (κ3) is 3.52. The number of nitrogens with one attached hydrogen (secondary N) is 1. The van der Waals surface area contributed by atoms with Crippen LogP contribution in [0.25, 0.3) is 0 Å². The first-order valence-electron chi connectivity index (χ1n) is 4.82. The molecule has 1 atom stereocenters. The molecule has 1 saturated carbocycles. The molecule has 3 nitrogen and oxygen atoms in total. The standard InChI is InChI=1S/C9H19NO2/c11-7-9(12)6-10-5-8-3-1-2-4-8/h8-12H,1-7H2/t9-/m1/s1. The Bertz CT molecular complexity index is 113. The van der Waals surface area contributed by atoms with Gasteiger partial charge in [-0.25, -0.2) is 0 Å². The lowest BCUT2D eigenvalue weighted by molar-refractivity contribution is 0.0936. The van der Waals surface area contributed by atoms with E-state index >= 15 is 0 Å². The maximum atomic E-state index is 9.02. The quantitative estimate of drug-likeness (QED) is 0.553. The summed E-state index contributed by atoms with van der Waals surface area (Å²) in [4.78, 5) is 0. The van der Waals surface area contributed by atoms with E-state index in [9.17, 15) is 0 Å². The minimum Gasteiger partial charge on any atom is -0.394 e. The lowest BCUT2D eigenvalue weighted by atomic mass is 10.1. The van der Waals surface area contributed by atoms with Gasteiger partial charge < -0.3 is 15.5 Å². The SMILES string of the molecule is OC[C@H](O)CNCC1CCCC1. The second-order valence-corrected chi connectivity index (χ2v) is 3.65. The van der Waals surface area contributed by atoms with E-state index < -0.39 is 6.10 Å². The van der Waals surface area contributed by atoms with Crippen LogP contribution in [0.4, 0.5) is 0 Å². The Morgan fingerprint density at radius 2 is 2.00 bits per heavy atom. The predicted molar refractivity (Wildman–Crippen MR) is 47.9 cm³/mol. The van der Waals surface area contributed by atoms with Gasteiger partial charge in [0.15, 0.2) is 0 Å². The molecule has 1 aliphatic rings. The highest BCUT2D eigenvalue weighted by Crippen LogP contribution is 2.23. The summed E-state index contributed by atoms with van der Waals surface area (Å²) in [6, 6.07) is 0. The molecule has 12 heavy (non-hydrogen) atoms. The van der Waals surface area contributed by atoms with E-state index in [1.54, 1.807) is 0 Å². The Labute approximate surface area is 73.8 Å². The van der Waals surface area contributed by atoms with Crippen molar-refractivity contribution in [2.75, 3.05) is 19.7 Å². The maximum Gasteiger partial charge on any atom is 0.0894 e. The number of hydrogen-bond acceptors (Lipinski definition) is 3. The van der Waals surface area contributed by atoms with Crippen LogP contribution in [-0.2, 0) is 0 Å². The van der Waals surface area contributed by atoms with Crippen molar-refractivity contribution in [1.82, 2.24) is 5.32 Å². The van der Waals surface area contributed by atoms with E-state index in [1.807, 2.05) is 0 Å². The largest absolute Gasteiger partial charge is 0.394 e. The highest BCUT2D eigenvalue weighted by atomic mass is 16.3. The fourth-order valence-electron chi connectivity index (χ4n) is 1.73. The van der Waals surface area contributed by atoms with E-state index in [1.165, 1.54) is 25.7 Å². The molecule has 0 aliphatic heterocycles. The Balaban J connectivity index is 1.94. The summed E-state index contributed by atoms with van der Waals surface area (Å²) in [6.45, 7) is 1.38. The fourth-order valence-corrected chi connectivity index (χ4v) is 1.73. The van der Waals surface area contributed by atoms with Gasteiger partial charge in [0.25, 0.3) is 0 Å². The summed E-state index contributed by atoms with van der Waals surface area (Å²) in [5.74, 6) is 0.802. The number of rotatable bonds is 5. The summed E-state index contributed by atoms with van der Waals surface area (Å²) < 4.78 is 0. The lowest BCUT2D eigenvalue weighted by Gasteiger charge is -2.12. The Morgan fingerprint density at radius 3 is 2.58 bits per heavy atom. The number of aliphatic hydroxyl groups is 2. The summed E-state index contributed by atoms with van der Waals surface area (Å²) >= 11 is 0. The van der Waals surface area contributed by atoms with Crippen LogP contribution in [0.2, 0.25) is 0 Å². The molecule has 0 aromatic heterocycles. The molecule has 0 saturated heterocycles. The third-order valence-corrected chi connectivity index (χ3v) is 2.50. The van der Waals surface area contributed by atoms with E-state index in [0.717, 1.165) is 12.5 Å². The lowest BCUT2D eigenvalue weighted by Crippen LogP contribution is -2.32. The average molecular weight is 173 g/mol. The molecule has 0 aromatic carbocycles. The zero-order valence-electron chi connectivity index (χ0n) is 7.50. The molecule has 1 aliphatic carbocycles. The summed E-state index contributed by atoms with van der Waals surface area (Å²) in [5, 5.41) is 20.7. The van der Waals surface area contributed by atoms with Crippen LogP contribution >= 0.6 is 0 Å². The Kier molecular flexibility index (Phi) is 4.58. The van der Waals surface area contributed by atoms with Gasteiger partial charge in [-0.15, -0.1) is 0 Å². The van der Waals surface area contributed by atoms with Crippen molar-refractivity contribution in [1.29, 1.82) is 0 Å². The van der Waals surface area contributed by atoms with Gasteiger partial charge >= 0.3 is 0 Å². The van der Waals surface area contributed by atoms with Crippen LogP contribution in [0.1, 0.15) is 25.7 Å². The van der Waals surface area contributed by atoms with E-state index in [0.29, 0.717) is 6.54 Å². The van der Waals surface area contributed by atoms with Gasteiger partial charge in [0.05, 0.1) is 12.7 Å². The molecule has 0 bridgehead atoms. The van der Waals surface area contributed by atoms with Gasteiger partial charge in [-0.2, -0.15) is 0 Å². The van der Waals surface area contributed by atoms with Crippen molar-refractivity contribution < 1.29 is 10.2 Å². The van der Waals surface area contributed by atoms with Gasteiger partial charge in [-0.3, -0.25) is 0 Å². The smallest absolute Gasteiger partial charge is 0.0894 e. The first kappa shape index (κ1) is 9.96. The fraction of sp³-hybridized carbons (Fsp3) is 1.00. The minimum absolute atomic E-state index is 0.141. The van der Waals surface area contributed by atoms with Crippen LogP contribution in [0.3, 0.4) is 0 Å². The molecule has 0 radical (unpaired) electrons. The third-order valence-electron chi connectivity index (χ3n) is 2.50. The van der Waals surface area contributed by atoms with Gasteiger partial charge in [0.2, 0.25) is 0 Å². The first-order chi connectivity index (χ1) is 5.83. The van der Waals surface area contributed by atoms with Gasteiger partial charge in [0, 0.05) is 6.54 Å². The molecule has 0 amide bonds. The normalized spacial score (nSPS) is 21.5. The number of hydrogen-bond donors (Lipinski definition) is 3. The van der Waals surface area contributed by atoms with Crippen molar-refractivity contribution in [3.05, 3.63) is 0 Å². The number of aliphatic hydroxyl groups excluding tert-OH is 2. The first-order valence-corrected chi connectivity index (χ1v) is 4.82. The van der Waals surface area contributed by atoms with Crippen LogP contribution < -0.4 is 5.32 Å². The Morgan fingerprint density at radius 1 is 1.33 bits per heavy atom. The molecule has 0 aromatic rings. The predicted octanol–water partition coefficient (Wildman–Crippen LogP) is 0.119. The average Bonchev–Trinajstić information content (AvgIpc) is 2.57. The molecule has 72 valence electrons. The molecular weight excluding hydrogens is 154 g/mol. The van der Waals surface area contributed by atoms with Crippen molar-refractivity contribution in [2.24, 2.45) is 5.92 Å². The zero-order chi connectivity index (χ0) is 8.81. The van der Waals surface area contributed by atoms with Crippen LogP contribution in [0.15, 0.2) is 0 Å². The van der Waals surface area contributed by atoms with Gasteiger partial charge in [-0.1, -0.05) is 12.8 Å². The summed E-state index contributed by atoms with van der Waals surface area (Å²) in [6.07, 6.45) is 4.76. The topological polar surface area (TPSA) is 52.5 Å². The molecule has 0 spiro atoms. The molecule has 1 rings (SSSR count). The summed E-state index contributed by atoms with van der Waals surface area (Å²) in [7, 11) is 0. The van der Waals surface area contributed by atoms with Crippen LogP contribution in [-0.4, -0.2) is 36.0 Å². The van der Waals surface area contributed by atoms with E-state index in [-0.39, 0.29) is 6.61 Å².